The van der Waals surface area contributed by atoms with Crippen LogP contribution in [0, 0.1) is 11.6 Å². The quantitative estimate of drug-likeness (QED) is 0.836. The fourth-order valence-corrected chi connectivity index (χ4v) is 1.18. The van der Waals surface area contributed by atoms with E-state index in [2.05, 4.69) is 4.74 Å². The van der Waals surface area contributed by atoms with Crippen molar-refractivity contribution >= 4 is 18.4 Å². The fraction of sp³-hybridized carbons (Fsp3) is 0.300. The molecule has 0 heterocycles. The van der Waals surface area contributed by atoms with E-state index in [-0.39, 0.29) is 24.4 Å². The summed E-state index contributed by atoms with van der Waals surface area (Å²) in [6, 6.07) is 2.77. The summed E-state index contributed by atoms with van der Waals surface area (Å²) in [5.41, 5.74) is 5.51. The summed E-state index contributed by atoms with van der Waals surface area (Å²) < 4.78 is 30.4. The number of nitrogens with two attached hydrogens (primary N) is 1. The van der Waals surface area contributed by atoms with Crippen molar-refractivity contribution in [3.8, 4) is 0 Å². The molecule has 0 bridgehead atoms. The van der Waals surface area contributed by atoms with Gasteiger partial charge in [0.1, 0.15) is 0 Å². The summed E-state index contributed by atoms with van der Waals surface area (Å²) in [6.45, 7) is 0. The Bertz CT molecular complexity index is 374. The predicted molar refractivity (Wildman–Crippen MR) is 57.2 cm³/mol. The lowest BCUT2D eigenvalue weighted by Gasteiger charge is -2.11. The summed E-state index contributed by atoms with van der Waals surface area (Å²) in [4.78, 5) is 10.9. The van der Waals surface area contributed by atoms with Gasteiger partial charge in [0.2, 0.25) is 0 Å². The van der Waals surface area contributed by atoms with Crippen molar-refractivity contribution in [2.75, 3.05) is 7.11 Å². The van der Waals surface area contributed by atoms with Crippen LogP contribution in [0.25, 0.3) is 0 Å². The molecule has 0 saturated heterocycles. The van der Waals surface area contributed by atoms with Crippen LogP contribution in [0.15, 0.2) is 18.2 Å². The van der Waals surface area contributed by atoms with Crippen LogP contribution in [0.3, 0.4) is 0 Å². The van der Waals surface area contributed by atoms with E-state index >= 15 is 0 Å². The SMILES string of the molecule is COC(=O)C[C@H](N)c1cccc(F)c1F.Cl. The molecular formula is C10H12ClF2NO2. The van der Waals surface area contributed by atoms with Crippen molar-refractivity contribution in [1.29, 1.82) is 0 Å². The highest BCUT2D eigenvalue weighted by molar-refractivity contribution is 5.85. The predicted octanol–water partition coefficient (Wildman–Crippen LogP) is 1.95. The summed E-state index contributed by atoms with van der Waals surface area (Å²) in [5.74, 6) is -2.56. The molecule has 0 amide bonds. The molecule has 3 nitrogen and oxygen atoms in total. The van der Waals surface area contributed by atoms with Gasteiger partial charge in [-0.05, 0) is 6.07 Å². The molecule has 6 heteroatoms. The number of rotatable bonds is 3. The van der Waals surface area contributed by atoms with Crippen molar-refractivity contribution < 1.29 is 18.3 Å². The first-order valence-electron chi connectivity index (χ1n) is 4.32. The van der Waals surface area contributed by atoms with Gasteiger partial charge in [0.15, 0.2) is 11.6 Å². The molecule has 1 atom stereocenters. The minimum absolute atomic E-state index is 0. The lowest BCUT2D eigenvalue weighted by molar-refractivity contribution is -0.141. The molecule has 90 valence electrons. The number of ether oxygens (including phenoxy) is 1. The summed E-state index contributed by atoms with van der Waals surface area (Å²) in [7, 11) is 1.21. The molecule has 2 N–H and O–H groups in total. The molecule has 0 aliphatic rings. The molecule has 0 saturated carbocycles. The number of hydrogen-bond donors (Lipinski definition) is 1. The highest BCUT2D eigenvalue weighted by atomic mass is 35.5. The lowest BCUT2D eigenvalue weighted by atomic mass is 10.0. The van der Waals surface area contributed by atoms with Gasteiger partial charge in [0, 0.05) is 11.6 Å². The Morgan fingerprint density at radius 1 is 1.50 bits per heavy atom. The van der Waals surface area contributed by atoms with Crippen LogP contribution in [-0.4, -0.2) is 13.1 Å². The van der Waals surface area contributed by atoms with E-state index in [0.29, 0.717) is 0 Å². The van der Waals surface area contributed by atoms with Crippen molar-refractivity contribution in [1.82, 2.24) is 0 Å². The Kier molecular flexibility index (Phi) is 5.92. The van der Waals surface area contributed by atoms with Crippen molar-refractivity contribution in [2.24, 2.45) is 5.73 Å². The van der Waals surface area contributed by atoms with E-state index in [1.807, 2.05) is 0 Å². The standard InChI is InChI=1S/C10H11F2NO2.ClH/c1-15-9(14)5-8(13)6-3-2-4-7(11)10(6)12;/h2-4,8H,5,13H2,1H3;1H/t8-;/m0./s1. The zero-order valence-corrected chi connectivity index (χ0v) is 9.39. The summed E-state index contributed by atoms with van der Waals surface area (Å²) in [5, 5.41) is 0. The number of esters is 1. The van der Waals surface area contributed by atoms with Gasteiger partial charge in [-0.25, -0.2) is 8.78 Å². The molecule has 0 radical (unpaired) electrons. The van der Waals surface area contributed by atoms with Crippen LogP contribution >= 0.6 is 12.4 Å². The molecule has 1 aromatic carbocycles. The maximum Gasteiger partial charge on any atom is 0.307 e. The molecule has 0 fully saturated rings. The lowest BCUT2D eigenvalue weighted by Crippen LogP contribution is -2.18. The Labute approximate surface area is 98.0 Å². The van der Waals surface area contributed by atoms with Gasteiger partial charge in [-0.1, -0.05) is 12.1 Å². The van der Waals surface area contributed by atoms with Gasteiger partial charge in [0.05, 0.1) is 13.5 Å². The largest absolute Gasteiger partial charge is 0.469 e. The Balaban J connectivity index is 0.00000225. The number of benzene rings is 1. The molecule has 0 aromatic heterocycles. The zero-order chi connectivity index (χ0) is 11.4. The molecule has 0 unspecified atom stereocenters. The van der Waals surface area contributed by atoms with Gasteiger partial charge in [-0.2, -0.15) is 0 Å². The second-order valence-corrected chi connectivity index (χ2v) is 3.03. The van der Waals surface area contributed by atoms with Crippen LogP contribution in [0.2, 0.25) is 0 Å². The first-order valence-corrected chi connectivity index (χ1v) is 4.32. The highest BCUT2D eigenvalue weighted by Gasteiger charge is 2.17. The van der Waals surface area contributed by atoms with Crippen molar-refractivity contribution in [2.45, 2.75) is 12.5 Å². The number of carbonyl (C=O) groups excluding carboxylic acids is 1. The second kappa shape index (κ2) is 6.40. The topological polar surface area (TPSA) is 52.3 Å². The van der Waals surface area contributed by atoms with Gasteiger partial charge >= 0.3 is 5.97 Å². The average molecular weight is 252 g/mol. The Morgan fingerprint density at radius 3 is 2.69 bits per heavy atom. The molecule has 1 rings (SSSR count). The molecule has 0 aliphatic carbocycles. The molecule has 1 aromatic rings. The van der Waals surface area contributed by atoms with Gasteiger partial charge in [-0.15, -0.1) is 12.4 Å². The first kappa shape index (κ1) is 14.8. The summed E-state index contributed by atoms with van der Waals surface area (Å²) in [6.07, 6.45) is -0.184. The van der Waals surface area contributed by atoms with E-state index in [9.17, 15) is 13.6 Å². The monoisotopic (exact) mass is 251 g/mol. The van der Waals surface area contributed by atoms with Crippen molar-refractivity contribution in [3.63, 3.8) is 0 Å². The third-order valence-corrected chi connectivity index (χ3v) is 2.00. The highest BCUT2D eigenvalue weighted by Crippen LogP contribution is 2.20. The zero-order valence-electron chi connectivity index (χ0n) is 8.57. The van der Waals surface area contributed by atoms with E-state index in [0.717, 1.165) is 6.07 Å². The van der Waals surface area contributed by atoms with E-state index in [1.165, 1.54) is 19.2 Å². The maximum absolute atomic E-state index is 13.2. The van der Waals surface area contributed by atoms with Crippen LogP contribution in [0.1, 0.15) is 18.0 Å². The number of halogens is 3. The van der Waals surface area contributed by atoms with E-state index < -0.39 is 23.6 Å². The van der Waals surface area contributed by atoms with Crippen LogP contribution in [-0.2, 0) is 9.53 Å². The molecular weight excluding hydrogens is 240 g/mol. The maximum atomic E-state index is 13.2. The molecule has 0 spiro atoms. The smallest absolute Gasteiger partial charge is 0.307 e. The first-order chi connectivity index (χ1) is 7.06. The van der Waals surface area contributed by atoms with Crippen LogP contribution < -0.4 is 5.73 Å². The van der Waals surface area contributed by atoms with E-state index in [1.54, 1.807) is 0 Å². The number of methoxy groups -OCH3 is 1. The normalized spacial score (nSPS) is 11.5. The third kappa shape index (κ3) is 3.43. The molecule has 0 aliphatic heterocycles. The van der Waals surface area contributed by atoms with Crippen LogP contribution in [0.4, 0.5) is 8.78 Å². The van der Waals surface area contributed by atoms with E-state index in [4.69, 9.17) is 5.73 Å². The molecule has 16 heavy (non-hydrogen) atoms. The van der Waals surface area contributed by atoms with Gasteiger partial charge < -0.3 is 10.5 Å². The third-order valence-electron chi connectivity index (χ3n) is 2.00. The van der Waals surface area contributed by atoms with Gasteiger partial charge in [0.25, 0.3) is 0 Å². The number of carbonyl (C=O) groups is 1. The van der Waals surface area contributed by atoms with Gasteiger partial charge in [-0.3, -0.25) is 4.79 Å². The van der Waals surface area contributed by atoms with Crippen LogP contribution in [0.5, 0.6) is 0 Å². The fourth-order valence-electron chi connectivity index (χ4n) is 1.18. The summed E-state index contributed by atoms with van der Waals surface area (Å²) >= 11 is 0. The Morgan fingerprint density at radius 2 is 2.12 bits per heavy atom. The Hall–Kier alpha value is -1.20. The minimum atomic E-state index is -1.02. The average Bonchev–Trinajstić information content (AvgIpc) is 2.21. The second-order valence-electron chi connectivity index (χ2n) is 3.03. The van der Waals surface area contributed by atoms with Crippen molar-refractivity contribution in [3.05, 3.63) is 35.4 Å². The number of hydrogen-bond acceptors (Lipinski definition) is 3. The minimum Gasteiger partial charge on any atom is -0.469 e.